The SMILES string of the molecule is Cc1cc(CC(=O)NCCC(C)O)n[nH]1. The topological polar surface area (TPSA) is 78.0 Å². The quantitative estimate of drug-likeness (QED) is 0.648. The third-order valence-corrected chi connectivity index (χ3v) is 1.98. The van der Waals surface area contributed by atoms with E-state index >= 15 is 0 Å². The lowest BCUT2D eigenvalue weighted by Gasteiger charge is -2.05. The van der Waals surface area contributed by atoms with Crippen molar-refractivity contribution in [3.8, 4) is 0 Å². The molecule has 0 bridgehead atoms. The van der Waals surface area contributed by atoms with Crippen LogP contribution in [0.25, 0.3) is 0 Å². The molecule has 5 nitrogen and oxygen atoms in total. The summed E-state index contributed by atoms with van der Waals surface area (Å²) in [5.74, 6) is -0.0675. The van der Waals surface area contributed by atoms with Crippen molar-refractivity contribution in [3.05, 3.63) is 17.5 Å². The first kappa shape index (κ1) is 11.7. The zero-order valence-electron chi connectivity index (χ0n) is 9.08. The molecule has 1 unspecified atom stereocenters. The number of nitrogens with one attached hydrogen (secondary N) is 2. The van der Waals surface area contributed by atoms with Crippen LogP contribution in [-0.2, 0) is 11.2 Å². The smallest absolute Gasteiger partial charge is 0.226 e. The van der Waals surface area contributed by atoms with Crippen LogP contribution < -0.4 is 5.32 Å². The highest BCUT2D eigenvalue weighted by Gasteiger charge is 2.05. The fourth-order valence-electron chi connectivity index (χ4n) is 1.21. The minimum atomic E-state index is -0.377. The van der Waals surface area contributed by atoms with Gasteiger partial charge < -0.3 is 10.4 Å². The molecule has 1 atom stereocenters. The van der Waals surface area contributed by atoms with Crippen LogP contribution in [0.2, 0.25) is 0 Å². The molecular formula is C10H17N3O2. The number of aromatic amines is 1. The zero-order chi connectivity index (χ0) is 11.3. The van der Waals surface area contributed by atoms with E-state index in [4.69, 9.17) is 5.11 Å². The molecule has 0 aliphatic heterocycles. The van der Waals surface area contributed by atoms with Crippen LogP contribution in [0.15, 0.2) is 6.07 Å². The summed E-state index contributed by atoms with van der Waals surface area (Å²) >= 11 is 0. The van der Waals surface area contributed by atoms with Crippen molar-refractivity contribution in [2.75, 3.05) is 6.54 Å². The zero-order valence-corrected chi connectivity index (χ0v) is 9.08. The van der Waals surface area contributed by atoms with Crippen LogP contribution in [0.5, 0.6) is 0 Å². The second kappa shape index (κ2) is 5.50. The summed E-state index contributed by atoms with van der Waals surface area (Å²) in [6.45, 7) is 4.09. The van der Waals surface area contributed by atoms with Gasteiger partial charge in [0.2, 0.25) is 5.91 Å². The molecule has 0 spiro atoms. The number of nitrogens with zero attached hydrogens (tertiary/aromatic N) is 1. The molecule has 0 saturated heterocycles. The van der Waals surface area contributed by atoms with Gasteiger partial charge in [-0.1, -0.05) is 0 Å². The van der Waals surface area contributed by atoms with E-state index in [1.165, 1.54) is 0 Å². The number of carbonyl (C=O) groups excluding carboxylic acids is 1. The van der Waals surface area contributed by atoms with Crippen molar-refractivity contribution >= 4 is 5.91 Å². The van der Waals surface area contributed by atoms with Crippen molar-refractivity contribution in [1.82, 2.24) is 15.5 Å². The summed E-state index contributed by atoms with van der Waals surface area (Å²) < 4.78 is 0. The fourth-order valence-corrected chi connectivity index (χ4v) is 1.21. The molecule has 0 fully saturated rings. The molecule has 1 aromatic heterocycles. The number of aromatic nitrogens is 2. The molecule has 0 radical (unpaired) electrons. The van der Waals surface area contributed by atoms with Gasteiger partial charge in [0.25, 0.3) is 0 Å². The van der Waals surface area contributed by atoms with Gasteiger partial charge in [0.15, 0.2) is 0 Å². The molecule has 3 N–H and O–H groups in total. The number of hydrogen-bond acceptors (Lipinski definition) is 3. The maximum Gasteiger partial charge on any atom is 0.226 e. The number of amides is 1. The van der Waals surface area contributed by atoms with Gasteiger partial charge in [-0.15, -0.1) is 0 Å². The first-order chi connectivity index (χ1) is 7.08. The minimum Gasteiger partial charge on any atom is -0.393 e. The third kappa shape index (κ3) is 4.60. The normalized spacial score (nSPS) is 12.5. The number of hydrogen-bond donors (Lipinski definition) is 3. The molecule has 0 aromatic carbocycles. The molecule has 15 heavy (non-hydrogen) atoms. The summed E-state index contributed by atoms with van der Waals surface area (Å²) in [6, 6.07) is 1.84. The minimum absolute atomic E-state index is 0.0675. The molecule has 1 aromatic rings. The predicted molar refractivity (Wildman–Crippen MR) is 56.3 cm³/mol. The molecule has 1 rings (SSSR count). The van der Waals surface area contributed by atoms with Crippen LogP contribution in [-0.4, -0.2) is 33.9 Å². The lowest BCUT2D eigenvalue weighted by atomic mass is 10.2. The van der Waals surface area contributed by atoms with E-state index in [9.17, 15) is 4.79 Å². The largest absolute Gasteiger partial charge is 0.393 e. The van der Waals surface area contributed by atoms with Crippen molar-refractivity contribution in [1.29, 1.82) is 0 Å². The van der Waals surface area contributed by atoms with E-state index in [2.05, 4.69) is 15.5 Å². The van der Waals surface area contributed by atoms with Crippen LogP contribution >= 0.6 is 0 Å². The molecule has 5 heteroatoms. The van der Waals surface area contributed by atoms with Crippen molar-refractivity contribution in [2.45, 2.75) is 32.8 Å². The van der Waals surface area contributed by atoms with E-state index in [-0.39, 0.29) is 18.4 Å². The summed E-state index contributed by atoms with van der Waals surface area (Å²) in [4.78, 5) is 11.4. The molecule has 0 aliphatic carbocycles. The van der Waals surface area contributed by atoms with Gasteiger partial charge in [0.1, 0.15) is 0 Å². The second-order valence-electron chi connectivity index (χ2n) is 3.71. The van der Waals surface area contributed by atoms with Crippen molar-refractivity contribution < 1.29 is 9.90 Å². The third-order valence-electron chi connectivity index (χ3n) is 1.98. The Morgan fingerprint density at radius 1 is 1.73 bits per heavy atom. The summed E-state index contributed by atoms with van der Waals surface area (Å²) in [6.07, 6.45) is 0.480. The summed E-state index contributed by atoms with van der Waals surface area (Å²) in [7, 11) is 0. The standard InChI is InChI=1S/C10H17N3O2/c1-7-5-9(13-12-7)6-10(15)11-4-3-8(2)14/h5,8,14H,3-4,6H2,1-2H3,(H,11,15)(H,12,13). The van der Waals surface area contributed by atoms with E-state index in [1.54, 1.807) is 6.92 Å². The number of H-pyrrole nitrogens is 1. The van der Waals surface area contributed by atoms with Crippen LogP contribution in [0.4, 0.5) is 0 Å². The molecule has 1 heterocycles. The van der Waals surface area contributed by atoms with Gasteiger partial charge in [0.05, 0.1) is 18.2 Å². The highest BCUT2D eigenvalue weighted by atomic mass is 16.3. The Morgan fingerprint density at radius 2 is 2.47 bits per heavy atom. The number of rotatable bonds is 5. The first-order valence-electron chi connectivity index (χ1n) is 5.03. The van der Waals surface area contributed by atoms with Crippen molar-refractivity contribution in [2.24, 2.45) is 0 Å². The number of carbonyl (C=O) groups is 1. The first-order valence-corrected chi connectivity index (χ1v) is 5.03. The number of aliphatic hydroxyl groups excluding tert-OH is 1. The van der Waals surface area contributed by atoms with E-state index in [0.717, 1.165) is 11.4 Å². The molecule has 0 saturated carbocycles. The Bertz CT molecular complexity index is 320. The Morgan fingerprint density at radius 3 is 3.00 bits per heavy atom. The van der Waals surface area contributed by atoms with E-state index in [1.807, 2.05) is 13.0 Å². The van der Waals surface area contributed by atoms with Gasteiger partial charge in [-0.2, -0.15) is 5.10 Å². The van der Waals surface area contributed by atoms with E-state index < -0.39 is 0 Å². The van der Waals surface area contributed by atoms with Gasteiger partial charge in [0, 0.05) is 12.2 Å². The van der Waals surface area contributed by atoms with Gasteiger partial charge in [-0.05, 0) is 26.3 Å². The van der Waals surface area contributed by atoms with Gasteiger partial charge >= 0.3 is 0 Å². The lowest BCUT2D eigenvalue weighted by Crippen LogP contribution is -2.28. The van der Waals surface area contributed by atoms with Crippen molar-refractivity contribution in [3.63, 3.8) is 0 Å². The Hall–Kier alpha value is -1.36. The maximum atomic E-state index is 11.4. The summed E-state index contributed by atoms with van der Waals surface area (Å²) in [5.41, 5.74) is 1.68. The maximum absolute atomic E-state index is 11.4. The number of aliphatic hydroxyl groups is 1. The molecule has 1 amide bonds. The second-order valence-corrected chi connectivity index (χ2v) is 3.71. The Kier molecular flexibility index (Phi) is 4.30. The monoisotopic (exact) mass is 211 g/mol. The Balaban J connectivity index is 2.24. The summed E-state index contributed by atoms with van der Waals surface area (Å²) in [5, 5.41) is 18.5. The van der Waals surface area contributed by atoms with Gasteiger partial charge in [-0.25, -0.2) is 0 Å². The predicted octanol–water partition coefficient (Wildman–Crippen LogP) is 0.148. The highest BCUT2D eigenvalue weighted by Crippen LogP contribution is 1.98. The van der Waals surface area contributed by atoms with Crippen LogP contribution in [0.3, 0.4) is 0 Å². The van der Waals surface area contributed by atoms with Gasteiger partial charge in [-0.3, -0.25) is 9.89 Å². The average molecular weight is 211 g/mol. The van der Waals surface area contributed by atoms with E-state index in [0.29, 0.717) is 13.0 Å². The molecule has 84 valence electrons. The average Bonchev–Trinajstić information content (AvgIpc) is 2.50. The highest BCUT2D eigenvalue weighted by molar-refractivity contribution is 5.78. The molecule has 0 aliphatic rings. The fraction of sp³-hybridized carbons (Fsp3) is 0.600. The molecular weight excluding hydrogens is 194 g/mol. The number of aryl methyl sites for hydroxylation is 1. The van der Waals surface area contributed by atoms with Crippen LogP contribution in [0, 0.1) is 6.92 Å². The van der Waals surface area contributed by atoms with Crippen LogP contribution in [0.1, 0.15) is 24.7 Å². The Labute approximate surface area is 88.9 Å². The lowest BCUT2D eigenvalue weighted by molar-refractivity contribution is -0.120.